The van der Waals surface area contributed by atoms with E-state index in [1.165, 1.54) is 0 Å². The van der Waals surface area contributed by atoms with E-state index in [2.05, 4.69) is 11.6 Å². The Hall–Kier alpha value is -1.55. The van der Waals surface area contributed by atoms with Gasteiger partial charge in [0.25, 0.3) is 0 Å². The summed E-state index contributed by atoms with van der Waals surface area (Å²) in [6.07, 6.45) is 2.33. The smallest absolute Gasteiger partial charge is 0.224 e. The molecule has 0 fully saturated rings. The van der Waals surface area contributed by atoms with Gasteiger partial charge in [0.1, 0.15) is 5.75 Å². The molecule has 0 atom stereocenters. The zero-order valence-corrected chi connectivity index (χ0v) is 9.12. The van der Waals surface area contributed by atoms with Gasteiger partial charge in [-0.3, -0.25) is 0 Å². The quantitative estimate of drug-likeness (QED) is 0.796. The molecule has 1 heterocycles. The minimum absolute atomic E-state index is 0.521. The highest BCUT2D eigenvalue weighted by Gasteiger charge is 2.13. The summed E-state index contributed by atoms with van der Waals surface area (Å²) in [7, 11) is 3.18. The molecule has 0 aliphatic rings. The van der Waals surface area contributed by atoms with Crippen LogP contribution in [0, 0.1) is 0 Å². The third-order valence-corrected chi connectivity index (χ3v) is 2.09. The third-order valence-electron chi connectivity index (χ3n) is 2.09. The van der Waals surface area contributed by atoms with Crippen molar-refractivity contribution < 1.29 is 9.47 Å². The van der Waals surface area contributed by atoms with Crippen molar-refractivity contribution in [2.45, 2.75) is 6.42 Å². The van der Waals surface area contributed by atoms with Crippen LogP contribution in [0.15, 0.2) is 18.8 Å². The number of ether oxygens (including phenoxy) is 2. The monoisotopic (exact) mass is 208 g/mol. The van der Waals surface area contributed by atoms with Crippen LogP contribution in [0.4, 0.5) is 0 Å². The number of pyridine rings is 1. The van der Waals surface area contributed by atoms with Crippen molar-refractivity contribution in [3.05, 3.63) is 24.4 Å². The Morgan fingerprint density at radius 2 is 2.20 bits per heavy atom. The first-order chi connectivity index (χ1) is 7.24. The van der Waals surface area contributed by atoms with E-state index in [1.54, 1.807) is 26.5 Å². The number of methoxy groups -OCH3 is 2. The zero-order valence-electron chi connectivity index (χ0n) is 9.12. The highest BCUT2D eigenvalue weighted by molar-refractivity contribution is 5.72. The van der Waals surface area contributed by atoms with Crippen molar-refractivity contribution in [1.82, 2.24) is 4.98 Å². The van der Waals surface area contributed by atoms with E-state index in [4.69, 9.17) is 15.2 Å². The number of nitrogens with zero attached hydrogens (tertiary/aromatic N) is 1. The summed E-state index contributed by atoms with van der Waals surface area (Å²) in [4.78, 5) is 4.11. The molecule has 15 heavy (non-hydrogen) atoms. The van der Waals surface area contributed by atoms with Crippen LogP contribution in [0.3, 0.4) is 0 Å². The fraction of sp³-hybridized carbons (Fsp3) is 0.364. The molecule has 0 unspecified atom stereocenters. The fourth-order valence-electron chi connectivity index (χ4n) is 1.38. The van der Waals surface area contributed by atoms with Crippen molar-refractivity contribution in [3.8, 4) is 11.6 Å². The SMILES string of the molecule is C=C(CCN)c1c(OC)ccnc1OC. The van der Waals surface area contributed by atoms with Crippen LogP contribution in [-0.2, 0) is 0 Å². The molecular weight excluding hydrogens is 192 g/mol. The Morgan fingerprint density at radius 1 is 1.47 bits per heavy atom. The van der Waals surface area contributed by atoms with Gasteiger partial charge in [0.15, 0.2) is 0 Å². The summed E-state index contributed by atoms with van der Waals surface area (Å²) in [6, 6.07) is 1.78. The minimum Gasteiger partial charge on any atom is -0.496 e. The second-order valence-corrected chi connectivity index (χ2v) is 3.04. The van der Waals surface area contributed by atoms with E-state index in [0.717, 1.165) is 11.1 Å². The van der Waals surface area contributed by atoms with Crippen molar-refractivity contribution in [1.29, 1.82) is 0 Å². The molecule has 0 aliphatic carbocycles. The Labute approximate surface area is 89.7 Å². The lowest BCUT2D eigenvalue weighted by Crippen LogP contribution is -2.03. The van der Waals surface area contributed by atoms with Crippen molar-refractivity contribution in [2.75, 3.05) is 20.8 Å². The van der Waals surface area contributed by atoms with Gasteiger partial charge in [-0.05, 0) is 24.6 Å². The van der Waals surface area contributed by atoms with E-state index < -0.39 is 0 Å². The maximum atomic E-state index is 5.49. The number of hydrogen-bond acceptors (Lipinski definition) is 4. The van der Waals surface area contributed by atoms with Crippen molar-refractivity contribution in [3.63, 3.8) is 0 Å². The largest absolute Gasteiger partial charge is 0.496 e. The molecule has 0 amide bonds. The normalized spacial score (nSPS) is 9.80. The summed E-state index contributed by atoms with van der Waals surface area (Å²) >= 11 is 0. The Kier molecular flexibility index (Phi) is 4.12. The van der Waals surface area contributed by atoms with Crippen LogP contribution in [0.25, 0.3) is 5.57 Å². The van der Waals surface area contributed by atoms with Gasteiger partial charge < -0.3 is 15.2 Å². The van der Waals surface area contributed by atoms with Gasteiger partial charge in [-0.15, -0.1) is 0 Å². The van der Waals surface area contributed by atoms with E-state index >= 15 is 0 Å². The van der Waals surface area contributed by atoms with Gasteiger partial charge in [-0.2, -0.15) is 0 Å². The summed E-state index contributed by atoms with van der Waals surface area (Å²) in [5.74, 6) is 1.23. The first-order valence-corrected chi connectivity index (χ1v) is 4.69. The molecule has 82 valence electrons. The molecule has 0 saturated heterocycles. The highest BCUT2D eigenvalue weighted by atomic mass is 16.5. The predicted molar refractivity (Wildman–Crippen MR) is 60.0 cm³/mol. The topological polar surface area (TPSA) is 57.4 Å². The molecule has 0 saturated carbocycles. The average Bonchev–Trinajstić information content (AvgIpc) is 2.28. The molecule has 2 N–H and O–H groups in total. The minimum atomic E-state index is 0.521. The number of hydrogen-bond donors (Lipinski definition) is 1. The lowest BCUT2D eigenvalue weighted by Gasteiger charge is -2.13. The molecule has 1 rings (SSSR count). The van der Waals surface area contributed by atoms with Gasteiger partial charge in [-0.25, -0.2) is 4.98 Å². The Bertz CT molecular complexity index is 328. The van der Waals surface area contributed by atoms with Gasteiger partial charge >= 0.3 is 0 Å². The molecule has 0 radical (unpaired) electrons. The van der Waals surface area contributed by atoms with Crippen molar-refractivity contribution >= 4 is 5.57 Å². The van der Waals surface area contributed by atoms with Crippen LogP contribution in [0.2, 0.25) is 0 Å². The van der Waals surface area contributed by atoms with Gasteiger partial charge in [-0.1, -0.05) is 6.58 Å². The molecule has 4 heteroatoms. The maximum absolute atomic E-state index is 5.49. The molecule has 1 aromatic heterocycles. The van der Waals surface area contributed by atoms with Crippen LogP contribution < -0.4 is 15.2 Å². The summed E-state index contributed by atoms with van der Waals surface area (Å²) in [6.45, 7) is 4.49. The molecule has 4 nitrogen and oxygen atoms in total. The van der Waals surface area contributed by atoms with Crippen LogP contribution in [0.5, 0.6) is 11.6 Å². The van der Waals surface area contributed by atoms with Crippen LogP contribution in [0.1, 0.15) is 12.0 Å². The maximum Gasteiger partial charge on any atom is 0.224 e. The molecule has 1 aromatic rings. The van der Waals surface area contributed by atoms with E-state index in [-0.39, 0.29) is 0 Å². The highest BCUT2D eigenvalue weighted by Crippen LogP contribution is 2.33. The fourth-order valence-corrected chi connectivity index (χ4v) is 1.38. The van der Waals surface area contributed by atoms with Crippen LogP contribution in [-0.4, -0.2) is 25.7 Å². The Balaban J connectivity index is 3.15. The summed E-state index contributed by atoms with van der Waals surface area (Å²) < 4.78 is 10.4. The van der Waals surface area contributed by atoms with Gasteiger partial charge in [0, 0.05) is 6.20 Å². The lowest BCUT2D eigenvalue weighted by molar-refractivity contribution is 0.379. The predicted octanol–water partition coefficient (Wildman–Crippen LogP) is 1.46. The first-order valence-electron chi connectivity index (χ1n) is 4.69. The molecular formula is C11H16N2O2. The molecule has 0 bridgehead atoms. The van der Waals surface area contributed by atoms with E-state index in [9.17, 15) is 0 Å². The molecule has 0 aliphatic heterocycles. The van der Waals surface area contributed by atoms with Gasteiger partial charge in [0.05, 0.1) is 19.8 Å². The van der Waals surface area contributed by atoms with Gasteiger partial charge in [0.2, 0.25) is 5.88 Å². The lowest BCUT2D eigenvalue weighted by atomic mass is 10.1. The zero-order chi connectivity index (χ0) is 11.3. The van der Waals surface area contributed by atoms with E-state index in [0.29, 0.717) is 24.6 Å². The van der Waals surface area contributed by atoms with Crippen molar-refractivity contribution in [2.24, 2.45) is 5.73 Å². The Morgan fingerprint density at radius 3 is 2.73 bits per heavy atom. The number of rotatable bonds is 5. The summed E-state index contributed by atoms with van der Waals surface area (Å²) in [5.41, 5.74) is 7.16. The van der Waals surface area contributed by atoms with E-state index in [1.807, 2.05) is 0 Å². The second kappa shape index (κ2) is 5.36. The second-order valence-electron chi connectivity index (χ2n) is 3.04. The standard InChI is InChI=1S/C11H16N2O2/c1-8(4-6-12)10-9(14-2)5-7-13-11(10)15-3/h5,7H,1,4,6,12H2,2-3H3. The molecule has 0 aromatic carbocycles. The number of aromatic nitrogens is 1. The average molecular weight is 208 g/mol. The number of nitrogens with two attached hydrogens (primary N) is 1. The first kappa shape index (κ1) is 11.5. The third kappa shape index (κ3) is 2.47. The summed E-state index contributed by atoms with van der Waals surface area (Å²) in [5, 5.41) is 0. The van der Waals surface area contributed by atoms with Crippen LogP contribution >= 0.6 is 0 Å². The molecule has 0 spiro atoms.